The zero-order chi connectivity index (χ0) is 9.84. The molecule has 5 heteroatoms. The minimum Gasteiger partial charge on any atom is -0.320 e. The number of nitrogens with zero attached hydrogens (tertiary/aromatic N) is 1. The molecule has 0 aromatic carbocycles. The van der Waals surface area contributed by atoms with E-state index in [-0.39, 0.29) is 5.91 Å². The van der Waals surface area contributed by atoms with Crippen LogP contribution in [0.4, 0.5) is 5.13 Å². The predicted molar refractivity (Wildman–Crippen MR) is 53.8 cm³/mol. The van der Waals surface area contributed by atoms with Crippen LogP contribution in [0.15, 0.2) is 5.38 Å². The zero-order valence-corrected chi connectivity index (χ0v) is 8.52. The molecule has 0 unspecified atom stereocenters. The largest absolute Gasteiger partial charge is 0.320 e. The van der Waals surface area contributed by atoms with Gasteiger partial charge >= 0.3 is 0 Å². The Hall–Kier alpha value is -0.940. The van der Waals surface area contributed by atoms with Gasteiger partial charge in [-0.25, -0.2) is 4.98 Å². The molecule has 0 radical (unpaired) electrons. The third-order valence-corrected chi connectivity index (χ3v) is 2.36. The van der Waals surface area contributed by atoms with Gasteiger partial charge in [0.15, 0.2) is 5.13 Å². The van der Waals surface area contributed by atoms with E-state index < -0.39 is 6.04 Å². The number of aromatic nitrogens is 1. The lowest BCUT2D eigenvalue weighted by Gasteiger charge is -2.03. The van der Waals surface area contributed by atoms with Crippen molar-refractivity contribution in [3.63, 3.8) is 0 Å². The van der Waals surface area contributed by atoms with Gasteiger partial charge < -0.3 is 11.1 Å². The molecule has 0 saturated carbocycles. The van der Waals surface area contributed by atoms with Crippen molar-refractivity contribution in [1.82, 2.24) is 4.98 Å². The fourth-order valence-corrected chi connectivity index (χ4v) is 1.54. The van der Waals surface area contributed by atoms with E-state index in [4.69, 9.17) is 5.73 Å². The number of nitrogens with two attached hydrogens (primary N) is 1. The van der Waals surface area contributed by atoms with E-state index in [1.165, 1.54) is 11.3 Å². The van der Waals surface area contributed by atoms with Gasteiger partial charge in [-0.3, -0.25) is 4.79 Å². The van der Waals surface area contributed by atoms with Crippen LogP contribution >= 0.6 is 11.3 Å². The van der Waals surface area contributed by atoms with Crippen molar-refractivity contribution in [2.75, 3.05) is 5.32 Å². The van der Waals surface area contributed by atoms with Crippen molar-refractivity contribution < 1.29 is 4.79 Å². The molecule has 1 atom stereocenters. The highest BCUT2D eigenvalue weighted by Gasteiger charge is 2.09. The van der Waals surface area contributed by atoms with Gasteiger partial charge in [-0.15, -0.1) is 11.3 Å². The van der Waals surface area contributed by atoms with Gasteiger partial charge in [-0.2, -0.15) is 0 Å². The van der Waals surface area contributed by atoms with Crippen LogP contribution in [0.2, 0.25) is 0 Å². The Morgan fingerprint density at radius 3 is 3.00 bits per heavy atom. The van der Waals surface area contributed by atoms with Crippen LogP contribution in [0, 0.1) is 0 Å². The molecule has 4 nitrogen and oxygen atoms in total. The smallest absolute Gasteiger partial charge is 0.242 e. The summed E-state index contributed by atoms with van der Waals surface area (Å²) >= 11 is 1.42. The molecular formula is C8H13N3OS. The van der Waals surface area contributed by atoms with Crippen LogP contribution in [0.5, 0.6) is 0 Å². The second-order valence-electron chi connectivity index (χ2n) is 2.78. The fourth-order valence-electron chi connectivity index (χ4n) is 0.746. The first-order valence-electron chi connectivity index (χ1n) is 4.14. The van der Waals surface area contributed by atoms with Gasteiger partial charge in [0, 0.05) is 5.38 Å². The highest BCUT2D eigenvalue weighted by Crippen LogP contribution is 2.15. The third-order valence-electron chi connectivity index (χ3n) is 1.56. The van der Waals surface area contributed by atoms with Crippen molar-refractivity contribution in [3.05, 3.63) is 11.1 Å². The minimum atomic E-state index is -0.492. The summed E-state index contributed by atoms with van der Waals surface area (Å²) in [6.45, 7) is 3.66. The van der Waals surface area contributed by atoms with Gasteiger partial charge in [0.25, 0.3) is 0 Å². The van der Waals surface area contributed by atoms with Crippen LogP contribution < -0.4 is 11.1 Å². The lowest BCUT2D eigenvalue weighted by Crippen LogP contribution is -2.32. The van der Waals surface area contributed by atoms with Gasteiger partial charge in [-0.05, 0) is 13.3 Å². The maximum atomic E-state index is 11.1. The molecule has 3 N–H and O–H groups in total. The van der Waals surface area contributed by atoms with Crippen molar-refractivity contribution in [2.45, 2.75) is 26.3 Å². The van der Waals surface area contributed by atoms with E-state index >= 15 is 0 Å². The summed E-state index contributed by atoms with van der Waals surface area (Å²) in [6.07, 6.45) is 0.880. The number of carbonyl (C=O) groups is 1. The van der Waals surface area contributed by atoms with Crippen LogP contribution in [-0.2, 0) is 11.2 Å². The molecule has 72 valence electrons. The van der Waals surface area contributed by atoms with Gasteiger partial charge in [0.2, 0.25) is 5.91 Å². The summed E-state index contributed by atoms with van der Waals surface area (Å²) in [6, 6.07) is -0.492. The highest BCUT2D eigenvalue weighted by atomic mass is 32.1. The van der Waals surface area contributed by atoms with E-state index in [0.29, 0.717) is 5.13 Å². The molecule has 13 heavy (non-hydrogen) atoms. The lowest BCUT2D eigenvalue weighted by molar-refractivity contribution is -0.117. The summed E-state index contributed by atoms with van der Waals surface area (Å²) < 4.78 is 0. The topological polar surface area (TPSA) is 68.0 Å². The van der Waals surface area contributed by atoms with E-state index in [1.807, 2.05) is 12.3 Å². The first-order valence-corrected chi connectivity index (χ1v) is 5.02. The average Bonchev–Trinajstić information content (AvgIpc) is 2.52. The maximum absolute atomic E-state index is 11.1. The number of nitrogens with one attached hydrogen (secondary N) is 1. The van der Waals surface area contributed by atoms with Crippen LogP contribution in [0.1, 0.15) is 19.5 Å². The molecular weight excluding hydrogens is 186 g/mol. The standard InChI is InChI=1S/C8H13N3OS/c1-3-6-4-13-8(10-6)11-7(12)5(2)9/h4-5H,3,9H2,1-2H3,(H,10,11,12)/t5-/m1/s1. The molecule has 1 aromatic rings. The summed E-state index contributed by atoms with van der Waals surface area (Å²) in [4.78, 5) is 15.3. The maximum Gasteiger partial charge on any atom is 0.242 e. The molecule has 1 rings (SSSR count). The second kappa shape index (κ2) is 4.34. The normalized spacial score (nSPS) is 12.5. The molecule has 0 aliphatic carbocycles. The summed E-state index contributed by atoms with van der Waals surface area (Å²) in [5, 5.41) is 5.19. The molecule has 1 amide bonds. The van der Waals surface area contributed by atoms with Crippen molar-refractivity contribution in [3.8, 4) is 0 Å². The monoisotopic (exact) mass is 199 g/mol. The Morgan fingerprint density at radius 1 is 1.85 bits per heavy atom. The van der Waals surface area contributed by atoms with Crippen LogP contribution in [-0.4, -0.2) is 16.9 Å². The van der Waals surface area contributed by atoms with E-state index in [0.717, 1.165) is 12.1 Å². The van der Waals surface area contributed by atoms with Crippen LogP contribution in [0.3, 0.4) is 0 Å². The third kappa shape index (κ3) is 2.78. The highest BCUT2D eigenvalue weighted by molar-refractivity contribution is 7.13. The Balaban J connectivity index is 2.59. The fraction of sp³-hybridized carbons (Fsp3) is 0.500. The second-order valence-corrected chi connectivity index (χ2v) is 3.63. The number of thiazole rings is 1. The SMILES string of the molecule is CCc1csc(NC(=O)[C@@H](C)N)n1. The number of anilines is 1. The number of aryl methyl sites for hydroxylation is 1. The Kier molecular flexibility index (Phi) is 3.39. The Labute approximate surface area is 81.2 Å². The summed E-state index contributed by atoms with van der Waals surface area (Å²) in [7, 11) is 0. The first-order chi connectivity index (χ1) is 6.13. The molecule has 0 aliphatic heterocycles. The zero-order valence-electron chi connectivity index (χ0n) is 7.70. The minimum absolute atomic E-state index is 0.197. The number of hydrogen-bond donors (Lipinski definition) is 2. The van der Waals surface area contributed by atoms with Gasteiger partial charge in [-0.1, -0.05) is 6.92 Å². The summed E-state index contributed by atoms with van der Waals surface area (Å²) in [5.74, 6) is -0.197. The van der Waals surface area contributed by atoms with Crippen molar-refractivity contribution >= 4 is 22.4 Å². The summed E-state index contributed by atoms with van der Waals surface area (Å²) in [5.41, 5.74) is 6.38. The van der Waals surface area contributed by atoms with Gasteiger partial charge in [0.05, 0.1) is 11.7 Å². The molecule has 1 heterocycles. The number of rotatable bonds is 3. The predicted octanol–water partition coefficient (Wildman–Crippen LogP) is 0.991. The van der Waals surface area contributed by atoms with Crippen LogP contribution in [0.25, 0.3) is 0 Å². The number of hydrogen-bond acceptors (Lipinski definition) is 4. The first kappa shape index (κ1) is 10.1. The number of carbonyl (C=O) groups excluding carboxylic acids is 1. The molecule has 0 spiro atoms. The lowest BCUT2D eigenvalue weighted by atomic mass is 10.3. The quantitative estimate of drug-likeness (QED) is 0.762. The molecule has 0 bridgehead atoms. The van der Waals surface area contributed by atoms with Crippen molar-refractivity contribution in [1.29, 1.82) is 0 Å². The number of amides is 1. The van der Waals surface area contributed by atoms with Crippen molar-refractivity contribution in [2.24, 2.45) is 5.73 Å². The van der Waals surface area contributed by atoms with Gasteiger partial charge in [0.1, 0.15) is 0 Å². The molecule has 0 saturated heterocycles. The molecule has 1 aromatic heterocycles. The average molecular weight is 199 g/mol. The molecule has 0 aliphatic rings. The van der Waals surface area contributed by atoms with E-state index in [9.17, 15) is 4.79 Å². The Morgan fingerprint density at radius 2 is 2.54 bits per heavy atom. The Bertz CT molecular complexity index is 295. The van der Waals surface area contributed by atoms with E-state index in [1.54, 1.807) is 6.92 Å². The van der Waals surface area contributed by atoms with E-state index in [2.05, 4.69) is 10.3 Å². The molecule has 0 fully saturated rings.